The van der Waals surface area contributed by atoms with Crippen LogP contribution >= 0.6 is 7.44 Å². The number of ether oxygens (including phenoxy) is 3. The van der Waals surface area contributed by atoms with Gasteiger partial charge < -0.3 is 24.5 Å². The van der Waals surface area contributed by atoms with Crippen molar-refractivity contribution < 1.29 is 28.4 Å². The quantitative estimate of drug-likeness (QED) is 0.0970. The lowest BCUT2D eigenvalue weighted by atomic mass is 10.1. The summed E-state index contributed by atoms with van der Waals surface area (Å²) < 4.78 is 33.2. The number of imidazole rings is 1. The third-order valence-corrected chi connectivity index (χ3v) is 9.18. The average molecular weight is 626 g/mol. The molecule has 43 heavy (non-hydrogen) atoms. The lowest BCUT2D eigenvalue weighted by Crippen LogP contribution is -2.54. The van der Waals surface area contributed by atoms with Gasteiger partial charge in [0.1, 0.15) is 29.3 Å². The minimum absolute atomic E-state index is 0.272. The molecule has 2 heterocycles. The van der Waals surface area contributed by atoms with Gasteiger partial charge in [-0.25, -0.2) is 25.1 Å². The molecule has 244 valence electrons. The molecule has 13 nitrogen and oxygen atoms in total. The van der Waals surface area contributed by atoms with E-state index in [0.717, 1.165) is 51.4 Å². The topological polar surface area (TPSA) is 173 Å². The Morgan fingerprint density at radius 2 is 1.44 bits per heavy atom. The highest BCUT2D eigenvalue weighted by Gasteiger charge is 2.43. The second kappa shape index (κ2) is 17.0. The summed E-state index contributed by atoms with van der Waals surface area (Å²) in [5, 5.41) is 5.90. The summed E-state index contributed by atoms with van der Waals surface area (Å²) in [6.45, 7) is 13.3. The molecular formula is C29H52N7O6P. The van der Waals surface area contributed by atoms with Crippen molar-refractivity contribution in [3.05, 3.63) is 12.7 Å². The number of carbonyl (C=O) groups excluding carboxylic acids is 2. The Hall–Kier alpha value is -2.60. The van der Waals surface area contributed by atoms with Crippen LogP contribution in [0.4, 0.5) is 5.82 Å². The number of nitrogens with two attached hydrogens (primary N) is 1. The number of hydrogen-bond donors (Lipinski definition) is 3. The molecule has 2 aromatic heterocycles. The molecule has 0 bridgehead atoms. The van der Waals surface area contributed by atoms with Crippen LogP contribution in [0.3, 0.4) is 0 Å². The van der Waals surface area contributed by atoms with Crippen molar-refractivity contribution >= 4 is 36.4 Å². The molecule has 0 aliphatic rings. The Morgan fingerprint density at radius 3 is 1.95 bits per heavy atom. The Balaban J connectivity index is 2.15. The maximum Gasteiger partial charge on any atom is 0.326 e. The molecule has 14 heteroatoms. The maximum atomic E-state index is 14.4. The first kappa shape index (κ1) is 36.6. The molecule has 0 aliphatic heterocycles. The van der Waals surface area contributed by atoms with Crippen molar-refractivity contribution in [2.45, 2.75) is 124 Å². The van der Waals surface area contributed by atoms with Crippen molar-refractivity contribution in [3.8, 4) is 0 Å². The van der Waals surface area contributed by atoms with Gasteiger partial charge in [0.05, 0.1) is 32.2 Å². The zero-order valence-corrected chi connectivity index (χ0v) is 27.9. The largest absolute Gasteiger partial charge is 0.464 e. The standard InChI is InChI=1S/C29H52N7O6P/c1-8-10-12-14-16-40-26(37)28(4,5)34-43(39,35-29(6,7)27(38)41-17-15-13-11-9-2)21-42-22(3)18-36-20-33-23-24(30)31-19-32-25(23)36/h19-20,22H,8-18,21H2,1-7H3,(H2,30,31,32)(H2,34,35,39)/t22-/m1/s1. The van der Waals surface area contributed by atoms with E-state index in [9.17, 15) is 14.2 Å². The predicted octanol–water partition coefficient (Wildman–Crippen LogP) is 4.95. The van der Waals surface area contributed by atoms with E-state index in [1.54, 1.807) is 38.6 Å². The Bertz CT molecular complexity index is 1180. The lowest BCUT2D eigenvalue weighted by molar-refractivity contribution is -0.149. The molecule has 0 radical (unpaired) electrons. The number of nitrogens with one attached hydrogen (secondary N) is 2. The summed E-state index contributed by atoms with van der Waals surface area (Å²) in [6.07, 6.45) is 9.88. The van der Waals surface area contributed by atoms with Crippen molar-refractivity contribution in [3.63, 3.8) is 0 Å². The zero-order valence-electron chi connectivity index (χ0n) is 27.0. The zero-order chi connectivity index (χ0) is 32.1. The Labute approximate surface area is 255 Å². The molecule has 0 spiro atoms. The van der Waals surface area contributed by atoms with Crippen LogP contribution < -0.4 is 15.9 Å². The molecule has 1 atom stereocenters. The van der Waals surface area contributed by atoms with E-state index in [1.807, 2.05) is 6.92 Å². The van der Waals surface area contributed by atoms with E-state index in [4.69, 9.17) is 19.9 Å². The SMILES string of the molecule is CCCCCCOC(=O)C(C)(C)NP(=O)(CO[C@H](C)Cn1cnc2c(N)ncnc21)NC(C)(C)C(=O)OCCCCCC. The minimum Gasteiger partial charge on any atom is -0.464 e. The number of esters is 2. The molecule has 0 aliphatic carbocycles. The maximum absolute atomic E-state index is 14.4. The van der Waals surface area contributed by atoms with Crippen LogP contribution in [-0.4, -0.2) is 68.2 Å². The summed E-state index contributed by atoms with van der Waals surface area (Å²) in [7, 11) is -3.76. The van der Waals surface area contributed by atoms with Crippen LogP contribution in [0.5, 0.6) is 0 Å². The summed E-state index contributed by atoms with van der Waals surface area (Å²) in [6, 6.07) is 0. The van der Waals surface area contributed by atoms with E-state index in [2.05, 4.69) is 39.0 Å². The minimum atomic E-state index is -3.76. The Kier molecular flexibility index (Phi) is 14.5. The van der Waals surface area contributed by atoms with Crippen LogP contribution in [0, 0.1) is 0 Å². The average Bonchev–Trinajstić information content (AvgIpc) is 3.34. The monoisotopic (exact) mass is 625 g/mol. The number of nitrogens with zero attached hydrogens (tertiary/aromatic N) is 4. The number of fused-ring (bicyclic) bond motifs is 1. The number of aromatic nitrogens is 4. The molecule has 0 unspecified atom stereocenters. The van der Waals surface area contributed by atoms with Crippen molar-refractivity contribution in [1.82, 2.24) is 29.7 Å². The molecule has 0 saturated carbocycles. The van der Waals surface area contributed by atoms with Crippen LogP contribution in [-0.2, 0) is 34.9 Å². The number of carbonyl (C=O) groups is 2. The van der Waals surface area contributed by atoms with Gasteiger partial charge in [-0.15, -0.1) is 0 Å². The van der Waals surface area contributed by atoms with Gasteiger partial charge in [-0.05, 0) is 47.5 Å². The van der Waals surface area contributed by atoms with Gasteiger partial charge in [0, 0.05) is 0 Å². The molecule has 0 fully saturated rings. The smallest absolute Gasteiger partial charge is 0.326 e. The number of unbranched alkanes of at least 4 members (excludes halogenated alkanes) is 6. The first-order valence-corrected chi connectivity index (χ1v) is 17.2. The first-order chi connectivity index (χ1) is 20.2. The molecular weight excluding hydrogens is 573 g/mol. The van der Waals surface area contributed by atoms with Gasteiger partial charge in [-0.1, -0.05) is 52.4 Å². The van der Waals surface area contributed by atoms with Crippen molar-refractivity contribution in [1.29, 1.82) is 0 Å². The third kappa shape index (κ3) is 11.8. The van der Waals surface area contributed by atoms with Crippen LogP contribution in [0.25, 0.3) is 11.2 Å². The van der Waals surface area contributed by atoms with E-state index >= 15 is 0 Å². The highest BCUT2D eigenvalue weighted by Crippen LogP contribution is 2.42. The predicted molar refractivity (Wildman–Crippen MR) is 167 cm³/mol. The van der Waals surface area contributed by atoms with Crippen LogP contribution in [0.2, 0.25) is 0 Å². The lowest BCUT2D eigenvalue weighted by Gasteiger charge is -2.35. The summed E-state index contributed by atoms with van der Waals surface area (Å²) >= 11 is 0. The molecule has 0 aromatic carbocycles. The number of anilines is 1. The Morgan fingerprint density at radius 1 is 0.907 bits per heavy atom. The van der Waals surface area contributed by atoms with E-state index in [-0.39, 0.29) is 25.4 Å². The van der Waals surface area contributed by atoms with E-state index in [1.165, 1.54) is 6.33 Å². The third-order valence-electron chi connectivity index (χ3n) is 6.83. The first-order valence-electron chi connectivity index (χ1n) is 15.3. The van der Waals surface area contributed by atoms with Gasteiger partial charge in [0.2, 0.25) is 7.44 Å². The van der Waals surface area contributed by atoms with Gasteiger partial charge in [-0.3, -0.25) is 14.2 Å². The number of hydrogen-bond acceptors (Lipinski definition) is 10. The van der Waals surface area contributed by atoms with Gasteiger partial charge in [0.15, 0.2) is 11.5 Å². The molecule has 2 rings (SSSR count). The second-order valence-electron chi connectivity index (χ2n) is 12.0. The number of rotatable bonds is 21. The van der Waals surface area contributed by atoms with Crippen LogP contribution in [0.15, 0.2) is 12.7 Å². The summed E-state index contributed by atoms with van der Waals surface area (Å²) in [5.74, 6) is -0.816. The van der Waals surface area contributed by atoms with Gasteiger partial charge in [0.25, 0.3) is 0 Å². The fourth-order valence-corrected chi connectivity index (χ4v) is 7.07. The van der Waals surface area contributed by atoms with E-state index in [0.29, 0.717) is 17.7 Å². The second-order valence-corrected chi connectivity index (χ2v) is 14.2. The fraction of sp³-hybridized carbons (Fsp3) is 0.759. The number of nitrogen functional groups attached to an aromatic ring is 1. The van der Waals surface area contributed by atoms with Crippen LogP contribution in [0.1, 0.15) is 99.8 Å². The normalized spacial score (nSPS) is 13.3. The molecule has 4 N–H and O–H groups in total. The molecule has 2 aromatic rings. The van der Waals surface area contributed by atoms with Gasteiger partial charge >= 0.3 is 11.9 Å². The highest BCUT2D eigenvalue weighted by molar-refractivity contribution is 7.59. The van der Waals surface area contributed by atoms with Crippen molar-refractivity contribution in [2.24, 2.45) is 0 Å². The fourth-order valence-electron chi connectivity index (χ4n) is 4.43. The van der Waals surface area contributed by atoms with Crippen molar-refractivity contribution in [2.75, 3.05) is 25.3 Å². The highest BCUT2D eigenvalue weighted by atomic mass is 31.2. The van der Waals surface area contributed by atoms with E-state index < -0.39 is 36.6 Å². The summed E-state index contributed by atoms with van der Waals surface area (Å²) in [5.41, 5.74) is 4.25. The molecule has 0 saturated heterocycles. The van der Waals surface area contributed by atoms with Gasteiger partial charge in [-0.2, -0.15) is 0 Å². The molecule has 0 amide bonds. The summed E-state index contributed by atoms with van der Waals surface area (Å²) in [4.78, 5) is 38.5.